The van der Waals surface area contributed by atoms with Crippen LogP contribution in [0.3, 0.4) is 0 Å². The number of piperidine rings is 1. The van der Waals surface area contributed by atoms with E-state index in [4.69, 9.17) is 9.47 Å². The molecule has 7 heteroatoms. The zero-order valence-corrected chi connectivity index (χ0v) is 35.6. The molecule has 3 unspecified atom stereocenters. The Morgan fingerprint density at radius 3 is 1.40 bits per heavy atom. The van der Waals surface area contributed by atoms with Crippen LogP contribution in [0.4, 0.5) is 0 Å². The quantitative estimate of drug-likeness (QED) is 0.249. The van der Waals surface area contributed by atoms with E-state index in [2.05, 4.69) is 116 Å². The molecule has 1 fully saturated rings. The molecule has 0 spiro atoms. The zero-order chi connectivity index (χ0) is 40.0. The van der Waals surface area contributed by atoms with Gasteiger partial charge < -0.3 is 19.7 Å². The van der Waals surface area contributed by atoms with Crippen LogP contribution in [0.1, 0.15) is 177 Å². The number of phenols is 2. The lowest BCUT2D eigenvalue weighted by atomic mass is 9.77. The highest BCUT2D eigenvalue weighted by atomic mass is 16.6. The fourth-order valence-corrected chi connectivity index (χ4v) is 8.46. The van der Waals surface area contributed by atoms with Crippen LogP contribution in [-0.2, 0) is 29.9 Å². The maximum atomic E-state index is 14.2. The first-order valence-corrected chi connectivity index (χ1v) is 19.2. The van der Waals surface area contributed by atoms with Crippen molar-refractivity contribution in [1.29, 1.82) is 0 Å². The van der Waals surface area contributed by atoms with Gasteiger partial charge in [-0.15, -0.1) is 0 Å². The van der Waals surface area contributed by atoms with Crippen molar-refractivity contribution in [1.82, 2.24) is 4.90 Å². The van der Waals surface area contributed by atoms with E-state index in [0.29, 0.717) is 25.7 Å². The molecule has 1 heterocycles. The van der Waals surface area contributed by atoms with Crippen molar-refractivity contribution in [3.63, 3.8) is 0 Å². The standard InChI is InChI=1S/C45H71NO6/c1-28(51-38(49)32(26-40(2,3)4)29-18-20-36(47)34(22-29)42(8,9)10)46-44(14,15)24-31(25-45(46,16)17)52-39(50)33(27-41(5,6)7)30-19-21-37(48)35(23-30)43(11,12)13/h18-23,28,31-33,47-48H,24-27H2,1-17H3. The summed E-state index contributed by atoms with van der Waals surface area (Å²) in [7, 11) is 0. The molecule has 0 bridgehead atoms. The molecule has 0 aromatic heterocycles. The molecular formula is C45H71NO6. The highest BCUT2D eigenvalue weighted by Crippen LogP contribution is 2.44. The van der Waals surface area contributed by atoms with E-state index in [0.717, 1.165) is 22.3 Å². The second kappa shape index (κ2) is 15.0. The third kappa shape index (κ3) is 11.0. The number of phenolic OH excluding ortho intramolecular Hbond substituents is 2. The van der Waals surface area contributed by atoms with Gasteiger partial charge in [0.15, 0.2) is 6.23 Å². The molecule has 0 amide bonds. The van der Waals surface area contributed by atoms with Gasteiger partial charge in [0.1, 0.15) is 17.6 Å². The van der Waals surface area contributed by atoms with Crippen molar-refractivity contribution in [2.45, 2.75) is 189 Å². The SMILES string of the molecule is CC(OC(=O)C(CC(C)(C)C)c1ccc(O)c(C(C)(C)C)c1)N1C(C)(C)CC(OC(=O)C(CC(C)(C)C)c2ccc(O)c(C(C)(C)C)c2)CC1(C)C. The summed E-state index contributed by atoms with van der Waals surface area (Å²) >= 11 is 0. The number of aromatic hydroxyl groups is 2. The third-order valence-corrected chi connectivity index (χ3v) is 10.4. The topological polar surface area (TPSA) is 96.3 Å². The van der Waals surface area contributed by atoms with Gasteiger partial charge in [-0.25, -0.2) is 0 Å². The molecule has 2 aromatic carbocycles. The lowest BCUT2D eigenvalue weighted by molar-refractivity contribution is -0.197. The number of nitrogens with zero attached hydrogens (tertiary/aromatic N) is 1. The molecule has 3 rings (SSSR count). The van der Waals surface area contributed by atoms with Gasteiger partial charge in [0.25, 0.3) is 0 Å². The number of rotatable bonds is 9. The molecule has 2 N–H and O–H groups in total. The molecule has 1 aliphatic heterocycles. The Labute approximate surface area is 315 Å². The van der Waals surface area contributed by atoms with Gasteiger partial charge in [0.05, 0.1) is 11.8 Å². The maximum Gasteiger partial charge on any atom is 0.314 e. The number of hydrogen-bond donors (Lipinski definition) is 2. The molecule has 2 aromatic rings. The van der Waals surface area contributed by atoms with Gasteiger partial charge in [-0.05, 0) is 104 Å². The van der Waals surface area contributed by atoms with Crippen molar-refractivity contribution >= 4 is 11.9 Å². The summed E-state index contributed by atoms with van der Waals surface area (Å²) in [6.45, 7) is 35.5. The lowest BCUT2D eigenvalue weighted by Gasteiger charge is -2.56. The summed E-state index contributed by atoms with van der Waals surface area (Å²) in [4.78, 5) is 30.6. The van der Waals surface area contributed by atoms with Crippen LogP contribution >= 0.6 is 0 Å². The first kappa shape index (κ1) is 43.3. The number of ether oxygens (including phenoxy) is 2. The monoisotopic (exact) mass is 722 g/mol. The predicted molar refractivity (Wildman–Crippen MR) is 212 cm³/mol. The van der Waals surface area contributed by atoms with Crippen LogP contribution in [0.2, 0.25) is 0 Å². The van der Waals surface area contributed by atoms with E-state index in [1.165, 1.54) is 0 Å². The fourth-order valence-electron chi connectivity index (χ4n) is 8.46. The number of carbonyl (C=O) groups is 2. The van der Waals surface area contributed by atoms with Gasteiger partial charge >= 0.3 is 11.9 Å². The van der Waals surface area contributed by atoms with Crippen LogP contribution in [0.25, 0.3) is 0 Å². The lowest BCUT2D eigenvalue weighted by Crippen LogP contribution is -2.65. The number of benzene rings is 2. The molecule has 52 heavy (non-hydrogen) atoms. The second-order valence-electron chi connectivity index (χ2n) is 21.2. The van der Waals surface area contributed by atoms with Crippen molar-refractivity contribution in [2.75, 3.05) is 0 Å². The Hall–Kier alpha value is -3.06. The van der Waals surface area contributed by atoms with E-state index in [9.17, 15) is 19.8 Å². The Kier molecular flexibility index (Phi) is 12.5. The van der Waals surface area contributed by atoms with Gasteiger partial charge in [-0.3, -0.25) is 14.5 Å². The zero-order valence-electron chi connectivity index (χ0n) is 35.6. The number of hydrogen-bond acceptors (Lipinski definition) is 7. The Balaban J connectivity index is 1.88. The summed E-state index contributed by atoms with van der Waals surface area (Å²) in [5, 5.41) is 21.3. The third-order valence-electron chi connectivity index (χ3n) is 10.4. The molecule has 0 aliphatic carbocycles. The molecule has 0 saturated carbocycles. The van der Waals surface area contributed by atoms with Crippen molar-refractivity contribution in [3.05, 3.63) is 58.7 Å². The Morgan fingerprint density at radius 2 is 1.06 bits per heavy atom. The summed E-state index contributed by atoms with van der Waals surface area (Å²) in [5.74, 6) is -1.08. The summed E-state index contributed by atoms with van der Waals surface area (Å²) in [6, 6.07) is 11.0. The average molecular weight is 722 g/mol. The summed E-state index contributed by atoms with van der Waals surface area (Å²) in [6.07, 6.45) is 1.47. The highest BCUT2D eigenvalue weighted by Gasteiger charge is 2.50. The Morgan fingerprint density at radius 1 is 0.692 bits per heavy atom. The minimum absolute atomic E-state index is 0.135. The minimum atomic E-state index is -0.544. The van der Waals surface area contributed by atoms with Crippen molar-refractivity contribution < 1.29 is 29.3 Å². The molecule has 1 aliphatic rings. The first-order valence-electron chi connectivity index (χ1n) is 19.2. The van der Waals surface area contributed by atoms with Crippen molar-refractivity contribution in [2.24, 2.45) is 10.8 Å². The Bertz CT molecular complexity index is 1560. The average Bonchev–Trinajstić information content (AvgIpc) is 2.91. The highest BCUT2D eigenvalue weighted by molar-refractivity contribution is 5.79. The largest absolute Gasteiger partial charge is 0.508 e. The number of carbonyl (C=O) groups excluding carboxylic acids is 2. The molecule has 1 saturated heterocycles. The van der Waals surface area contributed by atoms with Crippen molar-refractivity contribution in [3.8, 4) is 11.5 Å². The molecule has 292 valence electrons. The van der Waals surface area contributed by atoms with E-state index in [1.54, 1.807) is 12.1 Å². The van der Waals surface area contributed by atoms with Gasteiger partial charge in [0.2, 0.25) is 0 Å². The maximum absolute atomic E-state index is 14.2. The normalized spacial score (nSPS) is 19.1. The second-order valence-corrected chi connectivity index (χ2v) is 21.2. The molecule has 7 nitrogen and oxygen atoms in total. The number of esters is 2. The number of likely N-dealkylation sites (tertiary alicyclic amines) is 1. The van der Waals surface area contributed by atoms with Crippen LogP contribution < -0.4 is 0 Å². The van der Waals surface area contributed by atoms with Gasteiger partial charge in [-0.1, -0.05) is 107 Å². The fraction of sp³-hybridized carbons (Fsp3) is 0.689. The predicted octanol–water partition coefficient (Wildman–Crippen LogP) is 10.9. The molecule has 3 atom stereocenters. The van der Waals surface area contributed by atoms with Gasteiger partial charge in [0, 0.05) is 23.9 Å². The first-order chi connectivity index (χ1) is 23.3. The van der Waals surface area contributed by atoms with E-state index in [1.807, 2.05) is 31.2 Å². The van der Waals surface area contributed by atoms with E-state index < -0.39 is 29.1 Å². The van der Waals surface area contributed by atoms with E-state index >= 15 is 0 Å². The van der Waals surface area contributed by atoms with Crippen LogP contribution in [0.5, 0.6) is 11.5 Å². The minimum Gasteiger partial charge on any atom is -0.508 e. The molecule has 0 radical (unpaired) electrons. The van der Waals surface area contributed by atoms with Crippen LogP contribution in [-0.4, -0.2) is 50.5 Å². The van der Waals surface area contributed by atoms with Gasteiger partial charge in [-0.2, -0.15) is 0 Å². The van der Waals surface area contributed by atoms with Crippen LogP contribution in [0, 0.1) is 10.8 Å². The van der Waals surface area contributed by atoms with E-state index in [-0.39, 0.29) is 51.2 Å². The van der Waals surface area contributed by atoms with Crippen LogP contribution in [0.15, 0.2) is 36.4 Å². The summed E-state index contributed by atoms with van der Waals surface area (Å²) in [5.41, 5.74) is 1.49. The summed E-state index contributed by atoms with van der Waals surface area (Å²) < 4.78 is 12.8. The molecular weight excluding hydrogens is 650 g/mol. The smallest absolute Gasteiger partial charge is 0.314 e.